The number of aliphatic hydroxyl groups is 1. The quantitative estimate of drug-likeness (QED) is 0.793. The fourth-order valence-electron chi connectivity index (χ4n) is 1.74. The minimum Gasteiger partial charge on any atom is -0.491 e. The third kappa shape index (κ3) is 4.17. The van der Waals surface area contributed by atoms with Crippen molar-refractivity contribution in [2.24, 2.45) is 0 Å². The van der Waals surface area contributed by atoms with Crippen LogP contribution >= 0.6 is 0 Å². The minimum atomic E-state index is -0.713. The van der Waals surface area contributed by atoms with Gasteiger partial charge in [-0.3, -0.25) is 0 Å². The predicted octanol–water partition coefficient (Wildman–Crippen LogP) is 2.40. The number of aryl methyl sites for hydroxylation is 1. The second-order valence-corrected chi connectivity index (χ2v) is 4.63. The highest BCUT2D eigenvalue weighted by Crippen LogP contribution is 2.20. The Morgan fingerprint density at radius 1 is 1.05 bits per heavy atom. The van der Waals surface area contributed by atoms with Gasteiger partial charge in [0.25, 0.3) is 0 Å². The summed E-state index contributed by atoms with van der Waals surface area (Å²) in [5.41, 5.74) is 7.42. The normalized spacial score (nSPS) is 11.9. The van der Waals surface area contributed by atoms with Crippen LogP contribution in [0.4, 0.5) is 5.69 Å². The van der Waals surface area contributed by atoms with Gasteiger partial charge in [0.05, 0.1) is 5.69 Å². The molecule has 0 saturated heterocycles. The zero-order chi connectivity index (χ0) is 14.4. The molecule has 20 heavy (non-hydrogen) atoms. The number of nitrogen functional groups attached to an aromatic ring is 1. The topological polar surface area (TPSA) is 64.7 Å². The van der Waals surface area contributed by atoms with E-state index in [0.717, 1.165) is 11.3 Å². The minimum absolute atomic E-state index is 0.139. The standard InChI is InChI=1S/C16H19NO3/c1-12-5-4-6-14(9-12)19-10-13(18)11-20-16-8-3-2-7-15(16)17/h2-9,13,18H,10-11,17H2,1H3. The second kappa shape index (κ2) is 6.82. The molecule has 4 nitrogen and oxygen atoms in total. The molecule has 2 aromatic rings. The lowest BCUT2D eigenvalue weighted by Crippen LogP contribution is -2.25. The van der Waals surface area contributed by atoms with Crippen LogP contribution in [-0.2, 0) is 0 Å². The Morgan fingerprint density at radius 3 is 2.55 bits per heavy atom. The molecule has 2 aromatic carbocycles. The number of nitrogens with two attached hydrogens (primary N) is 1. The van der Waals surface area contributed by atoms with E-state index in [2.05, 4.69) is 0 Å². The number of benzene rings is 2. The van der Waals surface area contributed by atoms with Crippen LogP contribution in [0.3, 0.4) is 0 Å². The van der Waals surface area contributed by atoms with E-state index in [9.17, 15) is 5.11 Å². The van der Waals surface area contributed by atoms with Crippen LogP contribution in [-0.4, -0.2) is 24.4 Å². The van der Waals surface area contributed by atoms with Crippen molar-refractivity contribution in [3.63, 3.8) is 0 Å². The van der Waals surface area contributed by atoms with Gasteiger partial charge in [-0.05, 0) is 36.8 Å². The molecule has 106 valence electrons. The van der Waals surface area contributed by atoms with Crippen molar-refractivity contribution in [3.8, 4) is 11.5 Å². The maximum Gasteiger partial charge on any atom is 0.142 e. The first-order valence-electron chi connectivity index (χ1n) is 6.50. The Kier molecular flexibility index (Phi) is 4.85. The van der Waals surface area contributed by atoms with Gasteiger partial charge < -0.3 is 20.3 Å². The Morgan fingerprint density at radius 2 is 1.80 bits per heavy atom. The fourth-order valence-corrected chi connectivity index (χ4v) is 1.74. The monoisotopic (exact) mass is 273 g/mol. The molecule has 3 N–H and O–H groups in total. The molecule has 1 atom stereocenters. The Labute approximate surface area is 118 Å². The first-order chi connectivity index (χ1) is 9.65. The van der Waals surface area contributed by atoms with Crippen molar-refractivity contribution >= 4 is 5.69 Å². The van der Waals surface area contributed by atoms with Gasteiger partial charge in [-0.15, -0.1) is 0 Å². The lowest BCUT2D eigenvalue weighted by atomic mass is 10.2. The van der Waals surface area contributed by atoms with Gasteiger partial charge in [0.2, 0.25) is 0 Å². The summed E-state index contributed by atoms with van der Waals surface area (Å²) in [5.74, 6) is 1.31. The third-order valence-corrected chi connectivity index (χ3v) is 2.78. The first-order valence-corrected chi connectivity index (χ1v) is 6.50. The molecule has 0 spiro atoms. The van der Waals surface area contributed by atoms with Crippen LogP contribution < -0.4 is 15.2 Å². The van der Waals surface area contributed by atoms with Gasteiger partial charge in [0, 0.05) is 0 Å². The highest BCUT2D eigenvalue weighted by molar-refractivity contribution is 5.51. The molecule has 0 aromatic heterocycles. The van der Waals surface area contributed by atoms with Crippen molar-refractivity contribution in [2.45, 2.75) is 13.0 Å². The van der Waals surface area contributed by atoms with Crippen molar-refractivity contribution < 1.29 is 14.6 Å². The Balaban J connectivity index is 1.78. The summed E-state index contributed by atoms with van der Waals surface area (Å²) in [6.07, 6.45) is -0.713. The van der Waals surface area contributed by atoms with E-state index in [1.165, 1.54) is 0 Å². The number of anilines is 1. The summed E-state index contributed by atoms with van der Waals surface area (Å²) in [6.45, 7) is 2.31. The number of rotatable bonds is 6. The fraction of sp³-hybridized carbons (Fsp3) is 0.250. The van der Waals surface area contributed by atoms with Crippen molar-refractivity contribution in [1.29, 1.82) is 0 Å². The van der Waals surface area contributed by atoms with E-state index in [1.54, 1.807) is 12.1 Å². The lowest BCUT2D eigenvalue weighted by Gasteiger charge is -2.14. The molecule has 4 heteroatoms. The molecule has 2 rings (SSSR count). The largest absolute Gasteiger partial charge is 0.491 e. The lowest BCUT2D eigenvalue weighted by molar-refractivity contribution is 0.0629. The smallest absolute Gasteiger partial charge is 0.142 e. The molecule has 0 bridgehead atoms. The maximum atomic E-state index is 9.84. The van der Waals surface area contributed by atoms with Crippen LogP contribution in [0.1, 0.15) is 5.56 Å². The van der Waals surface area contributed by atoms with E-state index in [1.807, 2.05) is 43.3 Å². The summed E-state index contributed by atoms with van der Waals surface area (Å²) in [4.78, 5) is 0. The third-order valence-electron chi connectivity index (χ3n) is 2.78. The van der Waals surface area contributed by atoms with Gasteiger partial charge in [0.15, 0.2) is 0 Å². The first kappa shape index (κ1) is 14.2. The van der Waals surface area contributed by atoms with Gasteiger partial charge in [0.1, 0.15) is 30.8 Å². The van der Waals surface area contributed by atoms with Crippen molar-refractivity contribution in [2.75, 3.05) is 18.9 Å². The summed E-state index contributed by atoms with van der Waals surface area (Å²) >= 11 is 0. The van der Waals surface area contributed by atoms with E-state index >= 15 is 0 Å². The summed E-state index contributed by atoms with van der Waals surface area (Å²) < 4.78 is 11.0. The second-order valence-electron chi connectivity index (χ2n) is 4.63. The average Bonchev–Trinajstić information content (AvgIpc) is 2.44. The molecule has 0 amide bonds. The van der Waals surface area contributed by atoms with Gasteiger partial charge >= 0.3 is 0 Å². The van der Waals surface area contributed by atoms with Crippen LogP contribution in [0, 0.1) is 6.92 Å². The molecule has 0 saturated carbocycles. The van der Waals surface area contributed by atoms with Gasteiger partial charge in [-0.25, -0.2) is 0 Å². The number of para-hydroxylation sites is 2. The van der Waals surface area contributed by atoms with E-state index in [0.29, 0.717) is 11.4 Å². The summed E-state index contributed by atoms with van der Waals surface area (Å²) in [7, 11) is 0. The SMILES string of the molecule is Cc1cccc(OCC(O)COc2ccccc2N)c1. The molecular formula is C16H19NO3. The van der Waals surface area contributed by atoms with E-state index in [4.69, 9.17) is 15.2 Å². The van der Waals surface area contributed by atoms with Crippen LogP contribution in [0.25, 0.3) is 0 Å². The molecule has 0 heterocycles. The molecule has 0 aliphatic rings. The Hall–Kier alpha value is -2.20. The highest BCUT2D eigenvalue weighted by Gasteiger charge is 2.08. The Bertz CT molecular complexity index is 557. The van der Waals surface area contributed by atoms with Crippen LogP contribution in [0.15, 0.2) is 48.5 Å². The predicted molar refractivity (Wildman–Crippen MR) is 79.0 cm³/mol. The maximum absolute atomic E-state index is 9.84. The van der Waals surface area contributed by atoms with Crippen LogP contribution in [0.5, 0.6) is 11.5 Å². The van der Waals surface area contributed by atoms with Gasteiger partial charge in [-0.2, -0.15) is 0 Å². The van der Waals surface area contributed by atoms with Crippen LogP contribution in [0.2, 0.25) is 0 Å². The number of ether oxygens (including phenoxy) is 2. The average molecular weight is 273 g/mol. The molecular weight excluding hydrogens is 254 g/mol. The number of hydrogen-bond acceptors (Lipinski definition) is 4. The highest BCUT2D eigenvalue weighted by atomic mass is 16.5. The van der Waals surface area contributed by atoms with Crippen molar-refractivity contribution in [3.05, 3.63) is 54.1 Å². The molecule has 1 unspecified atom stereocenters. The number of hydrogen-bond donors (Lipinski definition) is 2. The summed E-state index contributed by atoms with van der Waals surface area (Å²) in [6, 6.07) is 14.9. The summed E-state index contributed by atoms with van der Waals surface area (Å²) in [5, 5.41) is 9.84. The van der Waals surface area contributed by atoms with E-state index in [-0.39, 0.29) is 13.2 Å². The van der Waals surface area contributed by atoms with Gasteiger partial charge in [-0.1, -0.05) is 24.3 Å². The zero-order valence-electron chi connectivity index (χ0n) is 11.5. The van der Waals surface area contributed by atoms with Crippen molar-refractivity contribution in [1.82, 2.24) is 0 Å². The molecule has 0 aliphatic heterocycles. The van der Waals surface area contributed by atoms with E-state index < -0.39 is 6.10 Å². The molecule has 0 aliphatic carbocycles. The zero-order valence-corrected chi connectivity index (χ0v) is 11.5. The molecule has 0 fully saturated rings. The number of aliphatic hydroxyl groups excluding tert-OH is 1. The molecule has 0 radical (unpaired) electrons.